The third-order valence-corrected chi connectivity index (χ3v) is 2.40. The maximum Gasteiger partial charge on any atom is 0.153 e. The van der Waals surface area contributed by atoms with Gasteiger partial charge in [-0.15, -0.1) is 0 Å². The minimum absolute atomic E-state index is 0.143. The van der Waals surface area contributed by atoms with E-state index in [1.54, 1.807) is 6.07 Å². The Balaban J connectivity index is 2.25. The summed E-state index contributed by atoms with van der Waals surface area (Å²) in [7, 11) is 0. The molecular weight excluding hydrogens is 208 g/mol. The zero-order valence-electron chi connectivity index (χ0n) is 8.93. The highest BCUT2D eigenvalue weighted by atomic mass is 16.6. The van der Waals surface area contributed by atoms with Gasteiger partial charge in [-0.05, 0) is 24.6 Å². The van der Waals surface area contributed by atoms with E-state index in [2.05, 4.69) is 0 Å². The molecule has 0 bridgehead atoms. The molecule has 1 heterocycles. The van der Waals surface area contributed by atoms with Gasteiger partial charge in [0, 0.05) is 5.56 Å². The summed E-state index contributed by atoms with van der Waals surface area (Å²) in [6, 6.07) is 3.22. The number of carbonyl (C=O) groups is 2. The van der Waals surface area contributed by atoms with Gasteiger partial charge in [-0.3, -0.25) is 9.59 Å². The summed E-state index contributed by atoms with van der Waals surface area (Å²) in [5.74, 6) is 0.538. The Kier molecular flexibility index (Phi) is 3.01. The molecule has 1 aliphatic heterocycles. The van der Waals surface area contributed by atoms with Crippen LogP contribution in [0.25, 0.3) is 0 Å². The number of aldehydes is 2. The van der Waals surface area contributed by atoms with Gasteiger partial charge in [0.25, 0.3) is 0 Å². The van der Waals surface area contributed by atoms with Crippen molar-refractivity contribution in [2.45, 2.75) is 13.0 Å². The SMILES string of the molecule is Cc1cc(C=O)cc(C=O)c1OCC1CO1. The van der Waals surface area contributed by atoms with E-state index >= 15 is 0 Å². The minimum atomic E-state index is 0.143. The molecule has 0 N–H and O–H groups in total. The molecule has 1 atom stereocenters. The van der Waals surface area contributed by atoms with Crippen molar-refractivity contribution in [2.75, 3.05) is 13.2 Å². The van der Waals surface area contributed by atoms with Crippen LogP contribution in [-0.4, -0.2) is 31.9 Å². The van der Waals surface area contributed by atoms with E-state index in [-0.39, 0.29) is 6.10 Å². The summed E-state index contributed by atoms with van der Waals surface area (Å²) < 4.78 is 10.5. The molecule has 1 aromatic carbocycles. The summed E-state index contributed by atoms with van der Waals surface area (Å²) in [6.45, 7) is 2.97. The molecule has 0 saturated carbocycles. The summed E-state index contributed by atoms with van der Waals surface area (Å²) in [5, 5.41) is 0. The third kappa shape index (κ3) is 2.28. The van der Waals surface area contributed by atoms with Crippen LogP contribution in [0.1, 0.15) is 26.3 Å². The fraction of sp³-hybridized carbons (Fsp3) is 0.333. The zero-order valence-corrected chi connectivity index (χ0v) is 8.93. The second-order valence-corrected chi connectivity index (χ2v) is 3.76. The van der Waals surface area contributed by atoms with Crippen molar-refractivity contribution >= 4 is 12.6 Å². The first-order valence-corrected chi connectivity index (χ1v) is 5.04. The van der Waals surface area contributed by atoms with Gasteiger partial charge in [-0.1, -0.05) is 0 Å². The van der Waals surface area contributed by atoms with E-state index < -0.39 is 0 Å². The molecule has 0 spiro atoms. The predicted molar refractivity (Wildman–Crippen MR) is 57.2 cm³/mol. The van der Waals surface area contributed by atoms with Gasteiger partial charge in [0.2, 0.25) is 0 Å². The number of hydrogen-bond donors (Lipinski definition) is 0. The maximum absolute atomic E-state index is 10.9. The van der Waals surface area contributed by atoms with E-state index in [0.717, 1.165) is 5.56 Å². The summed E-state index contributed by atoms with van der Waals surface area (Å²) >= 11 is 0. The van der Waals surface area contributed by atoms with Crippen LogP contribution in [0.15, 0.2) is 12.1 Å². The average Bonchev–Trinajstić information content (AvgIpc) is 3.10. The van der Waals surface area contributed by atoms with Crippen LogP contribution < -0.4 is 4.74 Å². The molecule has 1 fully saturated rings. The Morgan fingerprint density at radius 1 is 1.44 bits per heavy atom. The van der Waals surface area contributed by atoms with Crippen molar-refractivity contribution in [3.05, 3.63) is 28.8 Å². The second-order valence-electron chi connectivity index (χ2n) is 3.76. The standard InChI is InChI=1S/C12H12O4/c1-8-2-9(4-13)3-10(5-14)12(8)16-7-11-6-15-11/h2-5,11H,6-7H2,1H3. The lowest BCUT2D eigenvalue weighted by molar-refractivity contribution is 0.111. The van der Waals surface area contributed by atoms with Crippen molar-refractivity contribution in [1.29, 1.82) is 0 Å². The van der Waals surface area contributed by atoms with Crippen LogP contribution in [0, 0.1) is 6.92 Å². The number of epoxide rings is 1. The number of ether oxygens (including phenoxy) is 2. The number of aryl methyl sites for hydroxylation is 1. The summed E-state index contributed by atoms with van der Waals surface area (Å²) in [4.78, 5) is 21.5. The third-order valence-electron chi connectivity index (χ3n) is 2.40. The zero-order chi connectivity index (χ0) is 11.5. The van der Waals surface area contributed by atoms with Crippen LogP contribution >= 0.6 is 0 Å². The highest BCUT2D eigenvalue weighted by molar-refractivity contribution is 5.86. The van der Waals surface area contributed by atoms with E-state index in [4.69, 9.17) is 9.47 Å². The molecule has 0 aliphatic carbocycles. The molecule has 1 unspecified atom stereocenters. The summed E-state index contributed by atoms with van der Waals surface area (Å²) in [5.41, 5.74) is 1.67. The van der Waals surface area contributed by atoms with Gasteiger partial charge in [-0.2, -0.15) is 0 Å². The number of carbonyl (C=O) groups excluding carboxylic acids is 2. The van der Waals surface area contributed by atoms with Gasteiger partial charge in [0.05, 0.1) is 12.2 Å². The molecule has 0 radical (unpaired) electrons. The molecule has 4 heteroatoms. The molecule has 1 saturated heterocycles. The molecule has 2 rings (SSSR count). The Labute approximate surface area is 93.2 Å². The molecule has 84 valence electrons. The number of hydrogen-bond acceptors (Lipinski definition) is 4. The van der Waals surface area contributed by atoms with Crippen LogP contribution in [-0.2, 0) is 4.74 Å². The fourth-order valence-corrected chi connectivity index (χ4v) is 1.52. The Hall–Kier alpha value is -1.68. The first-order chi connectivity index (χ1) is 7.74. The fourth-order valence-electron chi connectivity index (χ4n) is 1.52. The van der Waals surface area contributed by atoms with Crippen LogP contribution in [0.2, 0.25) is 0 Å². The van der Waals surface area contributed by atoms with Gasteiger partial charge < -0.3 is 9.47 Å². The van der Waals surface area contributed by atoms with Crippen molar-refractivity contribution in [3.63, 3.8) is 0 Å². The van der Waals surface area contributed by atoms with Crippen molar-refractivity contribution in [3.8, 4) is 5.75 Å². The quantitative estimate of drug-likeness (QED) is 0.556. The first-order valence-electron chi connectivity index (χ1n) is 5.04. The maximum atomic E-state index is 10.9. The lowest BCUT2D eigenvalue weighted by Crippen LogP contribution is -2.07. The number of rotatable bonds is 5. The van der Waals surface area contributed by atoms with E-state index in [1.807, 2.05) is 6.92 Å². The largest absolute Gasteiger partial charge is 0.490 e. The average molecular weight is 220 g/mol. The Bertz CT molecular complexity index is 421. The normalized spacial score (nSPS) is 17.9. The van der Waals surface area contributed by atoms with Crippen LogP contribution in [0.4, 0.5) is 0 Å². The van der Waals surface area contributed by atoms with E-state index in [1.165, 1.54) is 6.07 Å². The Morgan fingerprint density at radius 3 is 2.75 bits per heavy atom. The lowest BCUT2D eigenvalue weighted by atomic mass is 10.1. The molecule has 1 aliphatic rings. The predicted octanol–water partition coefficient (Wildman–Crippen LogP) is 1.40. The molecular formula is C12H12O4. The number of benzene rings is 1. The highest BCUT2D eigenvalue weighted by Gasteiger charge is 2.24. The highest BCUT2D eigenvalue weighted by Crippen LogP contribution is 2.25. The Morgan fingerprint density at radius 2 is 2.19 bits per heavy atom. The summed E-state index contributed by atoms with van der Waals surface area (Å²) in [6.07, 6.45) is 1.56. The first kappa shape index (κ1) is 10.8. The van der Waals surface area contributed by atoms with E-state index in [9.17, 15) is 9.59 Å². The smallest absolute Gasteiger partial charge is 0.153 e. The minimum Gasteiger partial charge on any atom is -0.490 e. The topological polar surface area (TPSA) is 55.9 Å². The molecule has 4 nitrogen and oxygen atoms in total. The van der Waals surface area contributed by atoms with Gasteiger partial charge in [0.15, 0.2) is 6.29 Å². The van der Waals surface area contributed by atoms with Crippen LogP contribution in [0.3, 0.4) is 0 Å². The molecule has 0 amide bonds. The van der Waals surface area contributed by atoms with Crippen LogP contribution in [0.5, 0.6) is 5.75 Å². The van der Waals surface area contributed by atoms with Crippen molar-refractivity contribution < 1.29 is 19.1 Å². The molecule has 1 aromatic rings. The lowest BCUT2D eigenvalue weighted by Gasteiger charge is -2.10. The molecule has 0 aromatic heterocycles. The van der Waals surface area contributed by atoms with Crippen molar-refractivity contribution in [2.24, 2.45) is 0 Å². The van der Waals surface area contributed by atoms with E-state index in [0.29, 0.717) is 42.7 Å². The van der Waals surface area contributed by atoms with Gasteiger partial charge in [-0.25, -0.2) is 0 Å². The second kappa shape index (κ2) is 4.45. The molecule has 16 heavy (non-hydrogen) atoms. The van der Waals surface area contributed by atoms with Crippen molar-refractivity contribution in [1.82, 2.24) is 0 Å². The van der Waals surface area contributed by atoms with Gasteiger partial charge in [0.1, 0.15) is 24.7 Å². The van der Waals surface area contributed by atoms with Gasteiger partial charge >= 0.3 is 0 Å². The monoisotopic (exact) mass is 220 g/mol.